The molecule has 0 N–H and O–H groups in total. The molecule has 12 aromatic rings. The van der Waals surface area contributed by atoms with E-state index in [9.17, 15) is 23.6 Å². The molecule has 14 rings (SSSR count). The van der Waals surface area contributed by atoms with Crippen molar-refractivity contribution in [1.82, 2.24) is 4.98 Å². The molecule has 0 unspecified atom stereocenters. The lowest BCUT2D eigenvalue weighted by Gasteiger charge is -2.27. The highest BCUT2D eigenvalue weighted by atomic mass is 32.1. The van der Waals surface area contributed by atoms with E-state index in [1.165, 1.54) is 34.8 Å². The molecule has 3 aromatic heterocycles. The second kappa shape index (κ2) is 18.3. The third kappa shape index (κ3) is 7.89. The minimum atomic E-state index is -0.410. The number of allylic oxidation sites excluding steroid dienone is 2. The predicted molar refractivity (Wildman–Crippen MR) is 311 cm³/mol. The van der Waals surface area contributed by atoms with Crippen LogP contribution in [0.15, 0.2) is 230 Å². The fraction of sp³-hybridized carbons (Fsp3) is 0. The molecule has 0 aliphatic heterocycles. The van der Waals surface area contributed by atoms with E-state index in [4.69, 9.17) is 0 Å². The Morgan fingerprint density at radius 1 is 0.390 bits per heavy atom. The van der Waals surface area contributed by atoms with Crippen LogP contribution in [0.25, 0.3) is 66.5 Å². The Kier molecular flexibility index (Phi) is 10.9. The molecule has 0 fully saturated rings. The Bertz CT molecular complexity index is 4530. The number of carbonyl (C=O) groups is 4. The minimum Gasteiger partial charge on any atom is -0.301 e. The van der Waals surface area contributed by atoms with Crippen LogP contribution in [0.1, 0.15) is 51.3 Å². The summed E-state index contributed by atoms with van der Waals surface area (Å²) in [6.07, 6.45) is 3.37. The molecule has 10 heteroatoms. The molecule has 9 aromatic carbocycles. The van der Waals surface area contributed by atoms with Gasteiger partial charge in [-0.2, -0.15) is 0 Å². The molecule has 77 heavy (non-hydrogen) atoms. The van der Waals surface area contributed by atoms with E-state index < -0.39 is 5.82 Å². The van der Waals surface area contributed by atoms with Gasteiger partial charge in [-0.3, -0.25) is 19.2 Å². The third-order valence-corrected chi connectivity index (χ3v) is 16.4. The van der Waals surface area contributed by atoms with Crippen LogP contribution in [-0.4, -0.2) is 28.1 Å². The average molecular weight is 1030 g/mol. The molecule has 0 radical (unpaired) electrons. The van der Waals surface area contributed by atoms with E-state index in [0.717, 1.165) is 80.6 Å². The summed E-state index contributed by atoms with van der Waals surface area (Å²) in [5.41, 5.74) is 7.61. The summed E-state index contributed by atoms with van der Waals surface area (Å²) in [5.74, 6) is -1.84. The molecule has 2 aliphatic rings. The number of anilines is 6. The lowest BCUT2D eigenvalue weighted by molar-refractivity contribution is 0.0974. The van der Waals surface area contributed by atoms with Gasteiger partial charge in [-0.15, -0.1) is 22.7 Å². The zero-order valence-corrected chi connectivity index (χ0v) is 42.2. The van der Waals surface area contributed by atoms with Crippen LogP contribution in [0.2, 0.25) is 0 Å². The molecule has 7 nitrogen and oxygen atoms in total. The van der Waals surface area contributed by atoms with E-state index in [2.05, 4.69) is 106 Å². The number of carbonyl (C=O) groups excluding carboxylic acids is 4. The lowest BCUT2D eigenvalue weighted by atomic mass is 9.98. The van der Waals surface area contributed by atoms with Gasteiger partial charge in [-0.25, -0.2) is 9.37 Å². The second-order valence-electron chi connectivity index (χ2n) is 19.0. The van der Waals surface area contributed by atoms with Gasteiger partial charge in [-0.05, 0) is 148 Å². The smallest absolute Gasteiger partial charge is 0.216 e. The van der Waals surface area contributed by atoms with E-state index in [0.29, 0.717) is 27.4 Å². The van der Waals surface area contributed by atoms with Gasteiger partial charge in [0, 0.05) is 48.4 Å². The van der Waals surface area contributed by atoms with Crippen molar-refractivity contribution in [3.05, 3.63) is 267 Å². The number of pyridine rings is 1. The van der Waals surface area contributed by atoms with E-state index >= 15 is 0 Å². The van der Waals surface area contributed by atoms with Gasteiger partial charge >= 0.3 is 0 Å². The first-order valence-electron chi connectivity index (χ1n) is 24.9. The van der Waals surface area contributed by atoms with Gasteiger partial charge in [0.2, 0.25) is 5.78 Å². The van der Waals surface area contributed by atoms with Crippen molar-refractivity contribution in [2.75, 3.05) is 9.80 Å². The van der Waals surface area contributed by atoms with E-state index in [1.54, 1.807) is 36.4 Å². The van der Waals surface area contributed by atoms with Crippen molar-refractivity contribution in [3.8, 4) is 11.1 Å². The van der Waals surface area contributed by atoms with E-state index in [1.807, 2.05) is 91.0 Å². The Balaban J connectivity index is 0.859. The minimum absolute atomic E-state index is 0.0764. The predicted octanol–water partition coefficient (Wildman–Crippen LogP) is 17.5. The Morgan fingerprint density at radius 2 is 0.961 bits per heavy atom. The maximum atomic E-state index is 14.2. The van der Waals surface area contributed by atoms with Gasteiger partial charge in [0.25, 0.3) is 0 Å². The van der Waals surface area contributed by atoms with Gasteiger partial charge in [0.15, 0.2) is 17.3 Å². The summed E-state index contributed by atoms with van der Waals surface area (Å²) in [5, 5.41) is 8.00. The fourth-order valence-corrected chi connectivity index (χ4v) is 12.7. The largest absolute Gasteiger partial charge is 0.301 e. The summed E-state index contributed by atoms with van der Waals surface area (Å²) >= 11 is 2.96. The number of fused-ring (bicyclic) bond motifs is 6. The molecule has 0 atom stereocenters. The van der Waals surface area contributed by atoms with Gasteiger partial charge < -0.3 is 9.80 Å². The molecule has 0 saturated heterocycles. The Hall–Kier alpha value is -9.74. The summed E-state index contributed by atoms with van der Waals surface area (Å²) in [6, 6.07) is 70.8. The number of halogens is 1. The van der Waals surface area contributed by atoms with Crippen LogP contribution in [0.5, 0.6) is 0 Å². The molecular formula is C67H38FN3O4S2. The number of thiophene rings is 2. The number of rotatable bonds is 9. The number of nitrogens with zero attached hydrogens (tertiary/aromatic N) is 3. The number of hydrogen-bond acceptors (Lipinski definition) is 9. The highest BCUT2D eigenvalue weighted by Gasteiger charge is 2.36. The first kappa shape index (κ1) is 45.8. The second-order valence-corrected chi connectivity index (χ2v) is 21.2. The normalized spacial score (nSPS) is 14.2. The maximum absolute atomic E-state index is 14.2. The van der Waals surface area contributed by atoms with Crippen LogP contribution in [0, 0.1) is 5.82 Å². The quantitative estimate of drug-likeness (QED) is 0.105. The topological polar surface area (TPSA) is 87.7 Å². The standard InChI is InChI=1S/C67H38FN3O4S2/c68-46-25-24-41-33-53-54(35-45(41)31-46)65(73)56(64(53)72)37-49-26-28-61(76-49)70(47-17-2-1-3-18-47)60-36-44(30-42-13-5-8-21-52(42)60)40-16-10-19-48(32-40)71(59-23-11-15-39-12-4-7-20-51(39)59)62-29-27-50(77-62)38-57-66(74)55-34-43-14-6-9-22-58(43)69-63(55)67(57)75/h1-38H/b56-37+,57-38+. The van der Waals surface area contributed by atoms with Crippen molar-refractivity contribution in [1.29, 1.82) is 0 Å². The molecule has 0 bridgehead atoms. The summed E-state index contributed by atoms with van der Waals surface area (Å²) in [7, 11) is 0. The van der Waals surface area contributed by atoms with Crippen LogP contribution >= 0.6 is 22.7 Å². The molecule has 3 heterocycles. The summed E-state index contributed by atoms with van der Waals surface area (Å²) < 4.78 is 14.2. The van der Waals surface area contributed by atoms with Crippen LogP contribution in [0.4, 0.5) is 37.1 Å². The average Bonchev–Trinajstić information content (AvgIpc) is 4.26. The fourth-order valence-electron chi connectivity index (χ4n) is 10.7. The Morgan fingerprint density at radius 3 is 1.71 bits per heavy atom. The van der Waals surface area contributed by atoms with Crippen LogP contribution < -0.4 is 9.80 Å². The number of aromatic nitrogens is 1. The number of hydrogen-bond donors (Lipinski definition) is 0. The van der Waals surface area contributed by atoms with Crippen molar-refractivity contribution >= 4 is 134 Å². The molecule has 0 saturated carbocycles. The lowest BCUT2D eigenvalue weighted by Crippen LogP contribution is -2.10. The zero-order valence-electron chi connectivity index (χ0n) is 40.6. The summed E-state index contributed by atoms with van der Waals surface area (Å²) in [4.78, 5) is 66.0. The monoisotopic (exact) mass is 1030 g/mol. The number of para-hydroxylation sites is 2. The number of ketones is 4. The van der Waals surface area contributed by atoms with Crippen molar-refractivity contribution in [2.24, 2.45) is 0 Å². The molecule has 2 aliphatic carbocycles. The molecular weight excluding hydrogens is 994 g/mol. The number of Topliss-reactive ketones (excluding diaryl/α,β-unsaturated/α-hetero) is 4. The van der Waals surface area contributed by atoms with Crippen LogP contribution in [-0.2, 0) is 0 Å². The maximum Gasteiger partial charge on any atom is 0.216 e. The van der Waals surface area contributed by atoms with Crippen molar-refractivity contribution < 1.29 is 23.6 Å². The highest BCUT2D eigenvalue weighted by Crippen LogP contribution is 2.47. The zero-order chi connectivity index (χ0) is 51.9. The van der Waals surface area contributed by atoms with Crippen LogP contribution in [0.3, 0.4) is 0 Å². The molecule has 0 amide bonds. The van der Waals surface area contributed by atoms with E-state index in [-0.39, 0.29) is 45.5 Å². The first-order chi connectivity index (χ1) is 37.7. The Labute approximate surface area is 448 Å². The van der Waals surface area contributed by atoms with Gasteiger partial charge in [0.05, 0.1) is 33.6 Å². The third-order valence-electron chi connectivity index (χ3n) is 14.4. The van der Waals surface area contributed by atoms with Crippen molar-refractivity contribution in [2.45, 2.75) is 0 Å². The highest BCUT2D eigenvalue weighted by molar-refractivity contribution is 7.17. The van der Waals surface area contributed by atoms with Gasteiger partial charge in [-0.1, -0.05) is 115 Å². The van der Waals surface area contributed by atoms with Gasteiger partial charge in [0.1, 0.15) is 21.5 Å². The summed E-state index contributed by atoms with van der Waals surface area (Å²) in [6.45, 7) is 0. The first-order valence-corrected chi connectivity index (χ1v) is 26.6. The van der Waals surface area contributed by atoms with Crippen molar-refractivity contribution in [3.63, 3.8) is 0 Å². The molecule has 0 spiro atoms. The SMILES string of the molecule is O=C1/C(=C\c2ccc(N(c3ccccc3)c3cc(-c4cccc(N(c5ccc(/C=C6\C(=O)c7cc8ccccc8nc7C6=O)s5)c5cccc6ccccc56)c4)cc4ccccc34)s2)C(=O)c2cc3cc(F)ccc3cc21. The number of benzene rings is 9. The molecule has 364 valence electrons.